The van der Waals surface area contributed by atoms with Crippen LogP contribution in [0, 0.1) is 0 Å². The number of methoxy groups -OCH3 is 2. The summed E-state index contributed by atoms with van der Waals surface area (Å²) in [6.07, 6.45) is 1.57. The highest BCUT2D eigenvalue weighted by atomic mass is 32.2. The molecule has 0 saturated heterocycles. The molecule has 6 aromatic rings. The fourth-order valence-corrected chi connectivity index (χ4v) is 6.91. The molecule has 10 nitrogen and oxygen atoms in total. The molecule has 0 spiro atoms. The molecule has 0 atom stereocenters. The van der Waals surface area contributed by atoms with Crippen molar-refractivity contribution >= 4 is 44.3 Å². The van der Waals surface area contributed by atoms with Crippen molar-refractivity contribution in [2.75, 3.05) is 25.3 Å². The summed E-state index contributed by atoms with van der Waals surface area (Å²) >= 11 is 1.21. The summed E-state index contributed by atoms with van der Waals surface area (Å²) in [6.45, 7) is 0. The first-order valence-electron chi connectivity index (χ1n) is 13.5. The summed E-state index contributed by atoms with van der Waals surface area (Å²) in [6, 6.07) is 30.0. The average Bonchev–Trinajstić information content (AvgIpc) is 3.66. The number of amides is 1. The number of carbonyl (C=O) groups excluding carboxylic acids is 1. The van der Waals surface area contributed by atoms with Crippen LogP contribution in [0.4, 0.5) is 5.69 Å². The molecule has 12 heteroatoms. The number of hydrogen-bond donors (Lipinski definition) is 1. The van der Waals surface area contributed by atoms with Gasteiger partial charge in [-0.2, -0.15) is 0 Å². The van der Waals surface area contributed by atoms with Crippen LogP contribution in [-0.2, 0) is 14.8 Å². The van der Waals surface area contributed by atoms with Crippen molar-refractivity contribution in [1.29, 1.82) is 0 Å². The van der Waals surface area contributed by atoms with E-state index in [1.165, 1.54) is 15.7 Å². The summed E-state index contributed by atoms with van der Waals surface area (Å²) < 4.78 is 41.2. The summed E-state index contributed by atoms with van der Waals surface area (Å²) in [5.41, 5.74) is 2.39. The van der Waals surface area contributed by atoms with E-state index in [4.69, 9.17) is 9.47 Å². The van der Waals surface area contributed by atoms with E-state index >= 15 is 0 Å². The minimum atomic E-state index is -3.91. The van der Waals surface area contributed by atoms with E-state index in [1.54, 1.807) is 87.1 Å². The second-order valence-corrected chi connectivity index (χ2v) is 12.3. The van der Waals surface area contributed by atoms with Crippen LogP contribution in [0.1, 0.15) is 0 Å². The van der Waals surface area contributed by atoms with E-state index in [2.05, 4.69) is 15.5 Å². The molecule has 2 heterocycles. The predicted octanol–water partition coefficient (Wildman–Crippen LogP) is 5.87. The quantitative estimate of drug-likeness (QED) is 0.188. The minimum Gasteiger partial charge on any atom is -0.497 e. The summed E-state index contributed by atoms with van der Waals surface area (Å²) in [7, 11) is -0.762. The van der Waals surface area contributed by atoms with Gasteiger partial charge in [0.05, 0.1) is 30.4 Å². The van der Waals surface area contributed by atoms with Crippen LogP contribution < -0.4 is 14.8 Å². The van der Waals surface area contributed by atoms with Crippen LogP contribution in [0.2, 0.25) is 0 Å². The maximum absolute atomic E-state index is 13.7. The molecule has 2 aromatic heterocycles. The van der Waals surface area contributed by atoms with Gasteiger partial charge in [0.1, 0.15) is 11.5 Å². The van der Waals surface area contributed by atoms with Crippen molar-refractivity contribution in [3.63, 3.8) is 0 Å². The van der Waals surface area contributed by atoms with Gasteiger partial charge in [0.2, 0.25) is 5.91 Å². The highest BCUT2D eigenvalue weighted by Gasteiger charge is 2.25. The van der Waals surface area contributed by atoms with E-state index in [0.717, 1.165) is 0 Å². The zero-order valence-corrected chi connectivity index (χ0v) is 25.4. The minimum absolute atomic E-state index is 0.0512. The first-order chi connectivity index (χ1) is 21.4. The van der Waals surface area contributed by atoms with Crippen LogP contribution in [0.3, 0.4) is 0 Å². The molecule has 0 aliphatic heterocycles. The number of aromatic nitrogens is 4. The first-order valence-corrected chi connectivity index (χ1v) is 15.9. The number of benzene rings is 4. The topological polar surface area (TPSA) is 117 Å². The maximum Gasteiger partial charge on any atom is 0.268 e. The zero-order chi connectivity index (χ0) is 30.7. The van der Waals surface area contributed by atoms with Gasteiger partial charge < -0.3 is 14.8 Å². The standard InChI is InChI=1S/C32H27N5O5S2/c1-41-24-17-15-23(16-18-24)37-31(34-35-32(37)43-21-30(38)33-22-9-8-10-25(19-22)42-2)28-20-36(29-14-7-6-13-27(28)29)44(39,40)26-11-4-3-5-12-26/h3-20H,21H2,1-2H3,(H,33,38). The van der Waals surface area contributed by atoms with Crippen LogP contribution in [0.25, 0.3) is 28.0 Å². The number of fused-ring (bicyclic) bond motifs is 1. The van der Waals surface area contributed by atoms with E-state index in [1.807, 2.05) is 41.0 Å². The molecule has 0 saturated carbocycles. The summed E-state index contributed by atoms with van der Waals surface area (Å²) in [5.74, 6) is 1.53. The lowest BCUT2D eigenvalue weighted by molar-refractivity contribution is -0.113. The molecular weight excluding hydrogens is 599 g/mol. The third-order valence-corrected chi connectivity index (χ3v) is 9.49. The molecular formula is C32H27N5O5S2. The summed E-state index contributed by atoms with van der Waals surface area (Å²) in [5, 5.41) is 13.0. The fourth-order valence-electron chi connectivity index (χ4n) is 4.76. The number of thioether (sulfide) groups is 1. The number of ether oxygens (including phenoxy) is 2. The number of hydrogen-bond acceptors (Lipinski definition) is 8. The Morgan fingerprint density at radius 2 is 1.57 bits per heavy atom. The largest absolute Gasteiger partial charge is 0.497 e. The Morgan fingerprint density at radius 3 is 2.32 bits per heavy atom. The molecule has 0 radical (unpaired) electrons. The van der Waals surface area contributed by atoms with E-state index in [-0.39, 0.29) is 16.6 Å². The predicted molar refractivity (Wildman–Crippen MR) is 170 cm³/mol. The maximum atomic E-state index is 13.7. The number of rotatable bonds is 10. The molecule has 1 amide bonds. The Hall–Kier alpha value is -5.07. The number of nitrogens with one attached hydrogen (secondary N) is 1. The molecule has 1 N–H and O–H groups in total. The molecule has 0 fully saturated rings. The number of carbonyl (C=O) groups is 1. The summed E-state index contributed by atoms with van der Waals surface area (Å²) in [4.78, 5) is 13.1. The third-order valence-electron chi connectivity index (χ3n) is 6.87. The van der Waals surface area contributed by atoms with Crippen molar-refractivity contribution in [3.8, 4) is 28.6 Å². The van der Waals surface area contributed by atoms with E-state index in [0.29, 0.717) is 50.3 Å². The van der Waals surface area contributed by atoms with Gasteiger partial charge in [0, 0.05) is 34.6 Å². The van der Waals surface area contributed by atoms with Gasteiger partial charge in [-0.05, 0) is 54.6 Å². The molecule has 0 unspecified atom stereocenters. The monoisotopic (exact) mass is 625 g/mol. The van der Waals surface area contributed by atoms with Gasteiger partial charge in [0.15, 0.2) is 11.0 Å². The van der Waals surface area contributed by atoms with Crippen LogP contribution in [-0.4, -0.2) is 53.0 Å². The van der Waals surface area contributed by atoms with Gasteiger partial charge in [-0.3, -0.25) is 9.36 Å². The highest BCUT2D eigenvalue weighted by molar-refractivity contribution is 7.99. The molecule has 0 bridgehead atoms. The van der Waals surface area contributed by atoms with Crippen molar-refractivity contribution in [1.82, 2.24) is 18.7 Å². The first kappa shape index (κ1) is 29.0. The van der Waals surface area contributed by atoms with Gasteiger partial charge in [-0.1, -0.05) is 54.2 Å². The van der Waals surface area contributed by atoms with Crippen LogP contribution >= 0.6 is 11.8 Å². The van der Waals surface area contributed by atoms with E-state index in [9.17, 15) is 13.2 Å². The molecule has 44 heavy (non-hydrogen) atoms. The van der Waals surface area contributed by atoms with Gasteiger partial charge in [0.25, 0.3) is 10.0 Å². The Morgan fingerprint density at radius 1 is 0.841 bits per heavy atom. The van der Waals surface area contributed by atoms with Crippen molar-refractivity contribution < 1.29 is 22.7 Å². The van der Waals surface area contributed by atoms with Crippen LogP contribution in [0.5, 0.6) is 11.5 Å². The lowest BCUT2D eigenvalue weighted by atomic mass is 10.1. The molecule has 222 valence electrons. The fraction of sp³-hybridized carbons (Fsp3) is 0.0938. The van der Waals surface area contributed by atoms with Gasteiger partial charge in [-0.15, -0.1) is 10.2 Å². The normalized spacial score (nSPS) is 11.4. The average molecular weight is 626 g/mol. The van der Waals surface area contributed by atoms with Crippen molar-refractivity contribution in [2.45, 2.75) is 10.1 Å². The number of para-hydroxylation sites is 1. The lowest BCUT2D eigenvalue weighted by Gasteiger charge is -2.11. The SMILES string of the molecule is COc1ccc(-n2c(SCC(=O)Nc3cccc(OC)c3)nnc2-c2cn(S(=O)(=O)c3ccccc3)c3ccccc23)cc1. The second-order valence-electron chi connectivity index (χ2n) is 9.58. The molecule has 0 aliphatic carbocycles. The van der Waals surface area contributed by atoms with Crippen LogP contribution in [0.15, 0.2) is 119 Å². The molecule has 6 rings (SSSR count). The van der Waals surface area contributed by atoms with Crippen molar-refractivity contribution in [2.24, 2.45) is 0 Å². The second kappa shape index (κ2) is 12.3. The number of nitrogens with zero attached hydrogens (tertiary/aromatic N) is 4. The Labute approximate surface area is 258 Å². The van der Waals surface area contributed by atoms with Gasteiger partial charge in [-0.25, -0.2) is 12.4 Å². The Bertz CT molecular complexity index is 2060. The van der Waals surface area contributed by atoms with E-state index < -0.39 is 10.0 Å². The lowest BCUT2D eigenvalue weighted by Crippen LogP contribution is -2.14. The Balaban J connectivity index is 1.41. The number of anilines is 1. The highest BCUT2D eigenvalue weighted by Crippen LogP contribution is 2.36. The zero-order valence-electron chi connectivity index (χ0n) is 23.7. The third kappa shape index (κ3) is 5.64. The smallest absolute Gasteiger partial charge is 0.268 e. The van der Waals surface area contributed by atoms with Gasteiger partial charge >= 0.3 is 0 Å². The Kier molecular flexibility index (Phi) is 8.09. The molecule has 0 aliphatic rings. The molecule has 4 aromatic carbocycles. The van der Waals surface area contributed by atoms with Crippen molar-refractivity contribution in [3.05, 3.63) is 109 Å².